The highest BCUT2D eigenvalue weighted by atomic mass is 16.1. The molecule has 25 heavy (non-hydrogen) atoms. The van der Waals surface area contributed by atoms with E-state index >= 15 is 0 Å². The predicted molar refractivity (Wildman–Crippen MR) is 93.3 cm³/mol. The Hall–Kier alpha value is -3.09. The van der Waals surface area contributed by atoms with Crippen molar-refractivity contribution in [1.29, 1.82) is 0 Å². The fourth-order valence-electron chi connectivity index (χ4n) is 3.63. The number of hydrogen-bond acceptors (Lipinski definition) is 5. The number of pyridine rings is 2. The summed E-state index contributed by atoms with van der Waals surface area (Å²) in [5.74, 6) is 1.06. The van der Waals surface area contributed by atoms with Crippen molar-refractivity contribution in [1.82, 2.24) is 29.1 Å². The molecule has 0 atom stereocenters. The van der Waals surface area contributed by atoms with E-state index in [2.05, 4.69) is 20.1 Å². The molecule has 1 saturated carbocycles. The average Bonchev–Trinajstić information content (AvgIpc) is 3.32. The molecule has 1 aliphatic carbocycles. The minimum Gasteiger partial charge on any atom is -0.312 e. The zero-order valence-corrected chi connectivity index (χ0v) is 13.5. The smallest absolute Gasteiger partial charge is 0.261 e. The molecule has 0 bridgehead atoms. The molecule has 7 heteroatoms. The first-order valence-corrected chi connectivity index (χ1v) is 8.48. The molecule has 0 N–H and O–H groups in total. The minimum atomic E-state index is -0.000221. The maximum atomic E-state index is 12.9. The van der Waals surface area contributed by atoms with Crippen molar-refractivity contribution >= 4 is 16.7 Å². The molecular formula is C18H16N6O. The van der Waals surface area contributed by atoms with Gasteiger partial charge in [0.2, 0.25) is 0 Å². The monoisotopic (exact) mass is 332 g/mol. The maximum Gasteiger partial charge on any atom is 0.261 e. The Kier molecular flexibility index (Phi) is 3.12. The van der Waals surface area contributed by atoms with Crippen molar-refractivity contribution in [2.45, 2.75) is 31.7 Å². The third-order valence-electron chi connectivity index (χ3n) is 4.92. The molecule has 1 aliphatic rings. The van der Waals surface area contributed by atoms with Gasteiger partial charge in [0.25, 0.3) is 11.3 Å². The molecule has 0 aromatic carbocycles. The second kappa shape index (κ2) is 5.47. The summed E-state index contributed by atoms with van der Waals surface area (Å²) in [4.78, 5) is 25.7. The Morgan fingerprint density at radius 1 is 1.08 bits per heavy atom. The second-order valence-corrected chi connectivity index (χ2v) is 6.41. The molecule has 0 saturated heterocycles. The SMILES string of the molecule is O=c1c2cnc3nc(-c4ccncc4)nn3c2ccn1C1CCCC1. The Labute approximate surface area is 143 Å². The van der Waals surface area contributed by atoms with Crippen LogP contribution in [0.4, 0.5) is 0 Å². The van der Waals surface area contributed by atoms with Crippen LogP contribution >= 0.6 is 0 Å². The Bertz CT molecular complexity index is 1120. The van der Waals surface area contributed by atoms with Crippen molar-refractivity contribution in [2.24, 2.45) is 0 Å². The summed E-state index contributed by atoms with van der Waals surface area (Å²) in [6.45, 7) is 0. The quantitative estimate of drug-likeness (QED) is 0.564. The Balaban J connectivity index is 1.71. The standard InChI is InChI=1S/C18H16N6O/c25-17-14-11-20-18-21-16(12-5-8-19-9-6-12)22-24(18)15(14)7-10-23(17)13-3-1-2-4-13/h5-11,13H,1-4H2. The zero-order chi connectivity index (χ0) is 16.8. The number of fused-ring (bicyclic) bond motifs is 3. The van der Waals surface area contributed by atoms with Crippen LogP contribution in [-0.4, -0.2) is 29.1 Å². The van der Waals surface area contributed by atoms with E-state index in [-0.39, 0.29) is 5.56 Å². The normalized spacial score (nSPS) is 15.4. The number of rotatable bonds is 2. The fourth-order valence-corrected chi connectivity index (χ4v) is 3.63. The molecule has 0 amide bonds. The van der Waals surface area contributed by atoms with Crippen molar-refractivity contribution in [3.8, 4) is 11.4 Å². The van der Waals surface area contributed by atoms with Crippen molar-refractivity contribution in [3.05, 3.63) is 53.3 Å². The lowest BCUT2D eigenvalue weighted by Crippen LogP contribution is -2.23. The number of nitrogens with zero attached hydrogens (tertiary/aromatic N) is 6. The van der Waals surface area contributed by atoms with E-state index in [1.54, 1.807) is 23.1 Å². The number of hydrogen-bond donors (Lipinski definition) is 0. The molecule has 4 heterocycles. The lowest BCUT2D eigenvalue weighted by molar-refractivity contribution is 0.505. The van der Waals surface area contributed by atoms with Gasteiger partial charge >= 0.3 is 0 Å². The van der Waals surface area contributed by atoms with Crippen LogP contribution in [0.2, 0.25) is 0 Å². The molecular weight excluding hydrogens is 316 g/mol. The van der Waals surface area contributed by atoms with Crippen LogP contribution in [0.5, 0.6) is 0 Å². The lowest BCUT2D eigenvalue weighted by Gasteiger charge is -2.13. The molecule has 5 rings (SSSR count). The summed E-state index contributed by atoms with van der Waals surface area (Å²) in [7, 11) is 0. The molecule has 124 valence electrons. The first-order valence-electron chi connectivity index (χ1n) is 8.48. The third-order valence-corrected chi connectivity index (χ3v) is 4.92. The largest absolute Gasteiger partial charge is 0.312 e. The fraction of sp³-hybridized carbons (Fsp3) is 0.278. The van der Waals surface area contributed by atoms with Crippen LogP contribution in [0.3, 0.4) is 0 Å². The highest BCUT2D eigenvalue weighted by molar-refractivity contribution is 5.79. The van der Waals surface area contributed by atoms with Crippen LogP contribution < -0.4 is 5.56 Å². The van der Waals surface area contributed by atoms with Crippen LogP contribution in [0.15, 0.2) is 47.8 Å². The van der Waals surface area contributed by atoms with Gasteiger partial charge in [-0.25, -0.2) is 4.98 Å². The predicted octanol–water partition coefficient (Wildman–Crippen LogP) is 2.62. The summed E-state index contributed by atoms with van der Waals surface area (Å²) in [6, 6.07) is 5.94. The van der Waals surface area contributed by atoms with Gasteiger partial charge in [0.05, 0.1) is 10.9 Å². The zero-order valence-electron chi connectivity index (χ0n) is 13.5. The molecule has 0 unspecified atom stereocenters. The van der Waals surface area contributed by atoms with Crippen LogP contribution in [0.1, 0.15) is 31.7 Å². The summed E-state index contributed by atoms with van der Waals surface area (Å²) in [5.41, 5.74) is 1.60. The van der Waals surface area contributed by atoms with Gasteiger partial charge in [-0.2, -0.15) is 9.50 Å². The summed E-state index contributed by atoms with van der Waals surface area (Å²) in [6.07, 6.45) is 11.4. The van der Waals surface area contributed by atoms with Gasteiger partial charge in [0.1, 0.15) is 0 Å². The molecule has 0 radical (unpaired) electrons. The van der Waals surface area contributed by atoms with Crippen molar-refractivity contribution in [3.63, 3.8) is 0 Å². The minimum absolute atomic E-state index is 0.000221. The van der Waals surface area contributed by atoms with E-state index in [9.17, 15) is 4.79 Å². The second-order valence-electron chi connectivity index (χ2n) is 6.41. The Morgan fingerprint density at radius 3 is 2.68 bits per heavy atom. The van der Waals surface area contributed by atoms with Gasteiger partial charge in [-0.15, -0.1) is 5.10 Å². The van der Waals surface area contributed by atoms with Gasteiger partial charge in [-0.05, 0) is 31.0 Å². The molecule has 4 aromatic heterocycles. The molecule has 0 spiro atoms. The Morgan fingerprint density at radius 2 is 1.88 bits per heavy atom. The van der Waals surface area contributed by atoms with Crippen LogP contribution in [0, 0.1) is 0 Å². The van der Waals surface area contributed by atoms with E-state index < -0.39 is 0 Å². The van der Waals surface area contributed by atoms with Crippen LogP contribution in [-0.2, 0) is 0 Å². The summed E-state index contributed by atoms with van der Waals surface area (Å²) >= 11 is 0. The van der Waals surface area contributed by atoms with E-state index in [1.165, 1.54) is 12.8 Å². The topological polar surface area (TPSA) is 78.0 Å². The van der Waals surface area contributed by atoms with E-state index in [4.69, 9.17) is 0 Å². The first-order chi connectivity index (χ1) is 12.3. The molecule has 1 fully saturated rings. The highest BCUT2D eigenvalue weighted by Crippen LogP contribution is 2.28. The van der Waals surface area contributed by atoms with E-state index in [0.717, 1.165) is 23.9 Å². The first kappa shape index (κ1) is 14.3. The molecule has 4 aromatic rings. The molecule has 0 aliphatic heterocycles. The van der Waals surface area contributed by atoms with E-state index in [1.807, 2.05) is 29.0 Å². The average molecular weight is 332 g/mol. The van der Waals surface area contributed by atoms with Gasteiger partial charge < -0.3 is 4.57 Å². The number of aromatic nitrogens is 6. The van der Waals surface area contributed by atoms with Crippen molar-refractivity contribution in [2.75, 3.05) is 0 Å². The van der Waals surface area contributed by atoms with Gasteiger partial charge in [-0.3, -0.25) is 9.78 Å². The lowest BCUT2D eigenvalue weighted by atomic mass is 10.2. The summed E-state index contributed by atoms with van der Waals surface area (Å²) < 4.78 is 3.50. The van der Waals surface area contributed by atoms with Gasteiger partial charge in [0, 0.05) is 36.4 Å². The molecule has 7 nitrogen and oxygen atoms in total. The van der Waals surface area contributed by atoms with Crippen LogP contribution in [0.25, 0.3) is 28.1 Å². The summed E-state index contributed by atoms with van der Waals surface area (Å²) in [5, 5.41) is 5.12. The van der Waals surface area contributed by atoms with Gasteiger partial charge in [0.15, 0.2) is 5.82 Å². The van der Waals surface area contributed by atoms with E-state index in [0.29, 0.717) is 23.0 Å². The maximum absolute atomic E-state index is 12.9. The van der Waals surface area contributed by atoms with Crippen molar-refractivity contribution < 1.29 is 0 Å². The third kappa shape index (κ3) is 2.23. The van der Waals surface area contributed by atoms with Gasteiger partial charge in [-0.1, -0.05) is 12.8 Å². The highest BCUT2D eigenvalue weighted by Gasteiger charge is 2.19.